The summed E-state index contributed by atoms with van der Waals surface area (Å²) in [5.41, 5.74) is 5.83. The molecule has 0 aliphatic carbocycles. The number of hydrogen-bond donors (Lipinski definition) is 2. The van der Waals surface area contributed by atoms with Gasteiger partial charge in [0.2, 0.25) is 0 Å². The Labute approximate surface area is 162 Å². The summed E-state index contributed by atoms with van der Waals surface area (Å²) in [7, 11) is 1.61. The highest BCUT2D eigenvalue weighted by atomic mass is 16.6. The van der Waals surface area contributed by atoms with Crippen molar-refractivity contribution in [3.8, 4) is 0 Å². The summed E-state index contributed by atoms with van der Waals surface area (Å²) in [5, 5.41) is 14.9. The van der Waals surface area contributed by atoms with Crippen LogP contribution in [0.2, 0.25) is 0 Å². The minimum absolute atomic E-state index is 0.0568. The molecule has 150 valence electrons. The standard InChI is InChI=1S/C19H24N4O5/c1-22-17(26)19(11-13-5-3-2-4-6-13)12-23(9-7-15(19)21-22)16(25)14(8-10-24)28-18(20)27/h2-6,14,24H,7-12H2,1H3,(H2,20,27)/t14-,19-/m1/s1. The van der Waals surface area contributed by atoms with Crippen molar-refractivity contribution in [2.24, 2.45) is 16.3 Å². The van der Waals surface area contributed by atoms with Gasteiger partial charge in [-0.1, -0.05) is 30.3 Å². The van der Waals surface area contributed by atoms with Gasteiger partial charge in [-0.3, -0.25) is 9.59 Å². The van der Waals surface area contributed by atoms with Crippen molar-refractivity contribution >= 4 is 23.6 Å². The Morgan fingerprint density at radius 3 is 2.71 bits per heavy atom. The van der Waals surface area contributed by atoms with Crippen LogP contribution in [0.1, 0.15) is 18.4 Å². The molecular formula is C19H24N4O5. The van der Waals surface area contributed by atoms with Gasteiger partial charge in [0.05, 0.1) is 5.71 Å². The number of aliphatic hydroxyl groups is 1. The van der Waals surface area contributed by atoms with Gasteiger partial charge >= 0.3 is 6.09 Å². The molecule has 2 aliphatic heterocycles. The van der Waals surface area contributed by atoms with Gasteiger partial charge in [-0.25, -0.2) is 9.80 Å². The summed E-state index contributed by atoms with van der Waals surface area (Å²) in [5.74, 6) is -0.639. The van der Waals surface area contributed by atoms with E-state index < -0.39 is 23.5 Å². The number of ether oxygens (including phenoxy) is 1. The maximum Gasteiger partial charge on any atom is 0.405 e. The maximum absolute atomic E-state index is 13.0. The number of fused-ring (bicyclic) bond motifs is 1. The van der Waals surface area contributed by atoms with E-state index in [-0.39, 0.29) is 25.5 Å². The van der Waals surface area contributed by atoms with Crippen molar-refractivity contribution in [3.63, 3.8) is 0 Å². The first-order chi connectivity index (χ1) is 13.4. The fraction of sp³-hybridized carbons (Fsp3) is 0.474. The third kappa shape index (κ3) is 3.70. The molecule has 9 heteroatoms. The molecule has 0 aromatic heterocycles. The monoisotopic (exact) mass is 388 g/mol. The van der Waals surface area contributed by atoms with E-state index in [1.807, 2.05) is 30.3 Å². The molecule has 1 fully saturated rings. The van der Waals surface area contributed by atoms with Crippen LogP contribution in [0.5, 0.6) is 0 Å². The third-order valence-corrected chi connectivity index (χ3v) is 5.19. The molecule has 2 atom stereocenters. The summed E-state index contributed by atoms with van der Waals surface area (Å²) in [6.07, 6.45) is -1.46. The van der Waals surface area contributed by atoms with E-state index >= 15 is 0 Å². The Bertz CT molecular complexity index is 797. The molecule has 0 bridgehead atoms. The molecule has 1 saturated heterocycles. The lowest BCUT2D eigenvalue weighted by Gasteiger charge is -2.40. The van der Waals surface area contributed by atoms with Gasteiger partial charge in [0.25, 0.3) is 11.8 Å². The normalized spacial score (nSPS) is 22.5. The summed E-state index contributed by atoms with van der Waals surface area (Å²) in [6, 6.07) is 9.56. The van der Waals surface area contributed by atoms with Crippen LogP contribution in [0.15, 0.2) is 35.4 Å². The zero-order chi connectivity index (χ0) is 20.3. The summed E-state index contributed by atoms with van der Waals surface area (Å²) < 4.78 is 4.88. The number of nitrogens with zero attached hydrogens (tertiary/aromatic N) is 3. The zero-order valence-electron chi connectivity index (χ0n) is 15.7. The van der Waals surface area contributed by atoms with Gasteiger partial charge in [0, 0.05) is 39.6 Å². The molecule has 9 nitrogen and oxygen atoms in total. The second kappa shape index (κ2) is 7.97. The molecule has 0 unspecified atom stereocenters. The lowest BCUT2D eigenvalue weighted by atomic mass is 9.73. The molecule has 2 aliphatic rings. The summed E-state index contributed by atoms with van der Waals surface area (Å²) >= 11 is 0. The molecule has 1 aromatic rings. The second-order valence-corrected chi connectivity index (χ2v) is 7.07. The van der Waals surface area contributed by atoms with Gasteiger partial charge in [-0.2, -0.15) is 5.10 Å². The number of hydrazone groups is 1. The van der Waals surface area contributed by atoms with Crippen molar-refractivity contribution < 1.29 is 24.2 Å². The number of primary amides is 1. The molecule has 2 heterocycles. The first-order valence-corrected chi connectivity index (χ1v) is 9.13. The van der Waals surface area contributed by atoms with Crippen LogP contribution >= 0.6 is 0 Å². The number of hydrogen-bond acceptors (Lipinski definition) is 6. The minimum Gasteiger partial charge on any atom is -0.436 e. The number of rotatable bonds is 6. The van der Waals surface area contributed by atoms with Gasteiger partial charge in [-0.05, 0) is 12.0 Å². The fourth-order valence-electron chi connectivity index (χ4n) is 3.91. The van der Waals surface area contributed by atoms with E-state index in [1.165, 1.54) is 9.91 Å². The Morgan fingerprint density at radius 1 is 1.36 bits per heavy atom. The second-order valence-electron chi connectivity index (χ2n) is 7.07. The van der Waals surface area contributed by atoms with Gasteiger partial charge < -0.3 is 20.5 Å². The lowest BCUT2D eigenvalue weighted by molar-refractivity contribution is -0.145. The van der Waals surface area contributed by atoms with Crippen LogP contribution in [-0.4, -0.2) is 71.5 Å². The number of carbonyl (C=O) groups excluding carboxylic acids is 3. The number of piperidine rings is 1. The topological polar surface area (TPSA) is 126 Å². The number of aliphatic hydroxyl groups excluding tert-OH is 1. The van der Waals surface area contributed by atoms with Crippen LogP contribution in [-0.2, 0) is 20.7 Å². The smallest absolute Gasteiger partial charge is 0.405 e. The Kier molecular flexibility index (Phi) is 5.64. The summed E-state index contributed by atoms with van der Waals surface area (Å²) in [4.78, 5) is 38.6. The van der Waals surface area contributed by atoms with Crippen molar-refractivity contribution in [1.82, 2.24) is 9.91 Å². The average Bonchev–Trinajstić information content (AvgIpc) is 2.91. The zero-order valence-corrected chi connectivity index (χ0v) is 15.7. The molecule has 0 saturated carbocycles. The molecule has 3 N–H and O–H groups in total. The van der Waals surface area contributed by atoms with Crippen LogP contribution in [0.3, 0.4) is 0 Å². The Morgan fingerprint density at radius 2 is 2.07 bits per heavy atom. The Hall–Kier alpha value is -2.94. The number of likely N-dealkylation sites (tertiary alicyclic amines) is 1. The van der Waals surface area contributed by atoms with Crippen LogP contribution in [0.25, 0.3) is 0 Å². The van der Waals surface area contributed by atoms with Crippen molar-refractivity contribution in [2.45, 2.75) is 25.4 Å². The fourth-order valence-corrected chi connectivity index (χ4v) is 3.91. The highest BCUT2D eigenvalue weighted by molar-refractivity contribution is 6.13. The predicted octanol–water partition coefficient (Wildman–Crippen LogP) is 0.122. The molecule has 0 spiro atoms. The van der Waals surface area contributed by atoms with Crippen LogP contribution < -0.4 is 5.73 Å². The van der Waals surface area contributed by atoms with Crippen molar-refractivity contribution in [3.05, 3.63) is 35.9 Å². The number of benzene rings is 1. The SMILES string of the molecule is CN1N=C2CCN(C(=O)[C@@H](CCO)OC(N)=O)C[C@@]2(Cc2ccccc2)C1=O. The minimum atomic E-state index is -1.18. The predicted molar refractivity (Wildman–Crippen MR) is 100 cm³/mol. The molecule has 3 amide bonds. The van der Waals surface area contributed by atoms with Crippen molar-refractivity contribution in [1.29, 1.82) is 0 Å². The quantitative estimate of drug-likeness (QED) is 0.716. The van der Waals surface area contributed by atoms with E-state index in [9.17, 15) is 19.5 Å². The number of amides is 3. The van der Waals surface area contributed by atoms with Gasteiger partial charge in [0.15, 0.2) is 6.10 Å². The largest absolute Gasteiger partial charge is 0.436 e. The van der Waals surface area contributed by atoms with Crippen LogP contribution in [0.4, 0.5) is 4.79 Å². The Balaban J connectivity index is 1.87. The van der Waals surface area contributed by atoms with Gasteiger partial charge in [-0.15, -0.1) is 0 Å². The van der Waals surface area contributed by atoms with E-state index in [0.29, 0.717) is 19.4 Å². The highest BCUT2D eigenvalue weighted by Gasteiger charge is 2.53. The maximum atomic E-state index is 13.0. The summed E-state index contributed by atoms with van der Waals surface area (Å²) in [6.45, 7) is 0.146. The first-order valence-electron chi connectivity index (χ1n) is 9.13. The lowest BCUT2D eigenvalue weighted by Crippen LogP contribution is -2.57. The van der Waals surface area contributed by atoms with E-state index in [4.69, 9.17) is 10.5 Å². The molecular weight excluding hydrogens is 364 g/mol. The van der Waals surface area contributed by atoms with E-state index in [2.05, 4.69) is 5.10 Å². The molecule has 0 radical (unpaired) electrons. The van der Waals surface area contributed by atoms with Crippen molar-refractivity contribution in [2.75, 3.05) is 26.7 Å². The van der Waals surface area contributed by atoms with E-state index in [0.717, 1.165) is 11.3 Å². The number of nitrogens with two attached hydrogens (primary N) is 1. The van der Waals surface area contributed by atoms with E-state index in [1.54, 1.807) is 7.05 Å². The third-order valence-electron chi connectivity index (χ3n) is 5.19. The molecule has 28 heavy (non-hydrogen) atoms. The first kappa shape index (κ1) is 19.8. The van der Waals surface area contributed by atoms with Crippen LogP contribution in [0, 0.1) is 5.41 Å². The molecule has 1 aromatic carbocycles. The number of carbonyl (C=O) groups is 3. The highest BCUT2D eigenvalue weighted by Crippen LogP contribution is 2.38. The van der Waals surface area contributed by atoms with Gasteiger partial charge in [0.1, 0.15) is 5.41 Å². The average molecular weight is 388 g/mol. The molecule has 3 rings (SSSR count).